The lowest BCUT2D eigenvalue weighted by molar-refractivity contribution is -0.142. The number of hydrogen-bond acceptors (Lipinski definition) is 4. The van der Waals surface area contributed by atoms with E-state index in [0.717, 1.165) is 0 Å². The number of carbonyl (C=O) groups is 2. The Labute approximate surface area is 176 Å². The molecule has 0 bridgehead atoms. The summed E-state index contributed by atoms with van der Waals surface area (Å²) in [6.45, 7) is -0.297. The lowest BCUT2D eigenvalue weighted by Crippen LogP contribution is -2.36. The average molecular weight is 451 g/mol. The molecule has 0 aromatic heterocycles. The van der Waals surface area contributed by atoms with Crippen LogP contribution in [0.15, 0.2) is 48.5 Å². The zero-order chi connectivity index (χ0) is 20.0. The van der Waals surface area contributed by atoms with E-state index in [0.29, 0.717) is 11.1 Å². The second kappa shape index (κ2) is 9.51. The number of nitrogens with one attached hydrogen (secondary N) is 1. The van der Waals surface area contributed by atoms with E-state index in [4.69, 9.17) is 51.1 Å². The van der Waals surface area contributed by atoms with Crippen LogP contribution in [-0.2, 0) is 9.53 Å². The third kappa shape index (κ3) is 6.18. The first-order valence-corrected chi connectivity index (χ1v) is 9.15. The van der Waals surface area contributed by atoms with Gasteiger partial charge in [0.25, 0.3) is 5.91 Å². The molecular weight excluding hydrogens is 436 g/mol. The highest BCUT2D eigenvalue weighted by molar-refractivity contribution is 6.68. The molecule has 2 aromatic rings. The Morgan fingerprint density at radius 2 is 1.78 bits per heavy atom. The van der Waals surface area contributed by atoms with Crippen molar-refractivity contribution in [1.29, 1.82) is 0 Å². The molecule has 5 nitrogen and oxygen atoms in total. The largest absolute Gasteiger partial charge is 0.480 e. The van der Waals surface area contributed by atoms with Gasteiger partial charge in [-0.25, -0.2) is 4.79 Å². The molecule has 0 spiro atoms. The summed E-state index contributed by atoms with van der Waals surface area (Å²) in [6, 6.07) is 12.1. The predicted molar refractivity (Wildman–Crippen MR) is 106 cm³/mol. The van der Waals surface area contributed by atoms with Crippen LogP contribution in [0.3, 0.4) is 0 Å². The number of alkyl halides is 3. The zero-order valence-corrected chi connectivity index (χ0v) is 17.1. The van der Waals surface area contributed by atoms with Gasteiger partial charge in [-0.15, -0.1) is 0 Å². The number of benzene rings is 2. The number of hydrogen-bond donors (Lipinski definition) is 1. The van der Waals surface area contributed by atoms with Gasteiger partial charge >= 0.3 is 5.97 Å². The van der Waals surface area contributed by atoms with Gasteiger partial charge in [-0.05, 0) is 29.8 Å². The highest BCUT2D eigenvalue weighted by Crippen LogP contribution is 2.41. The van der Waals surface area contributed by atoms with E-state index < -0.39 is 21.7 Å². The SMILES string of the molecule is COC(=O)COc1ccc(C(NC(=O)c2ccccc2)C(Cl)(Cl)Cl)cc1Cl. The van der Waals surface area contributed by atoms with Gasteiger partial charge in [0, 0.05) is 5.56 Å². The second-order valence-corrected chi connectivity index (χ2v) is 8.14. The quantitative estimate of drug-likeness (QED) is 0.510. The van der Waals surface area contributed by atoms with E-state index in [1.54, 1.807) is 36.4 Å². The lowest BCUT2D eigenvalue weighted by atomic mass is 10.1. The summed E-state index contributed by atoms with van der Waals surface area (Å²) in [5.74, 6) is -0.707. The number of amides is 1. The van der Waals surface area contributed by atoms with Crippen LogP contribution in [0.25, 0.3) is 0 Å². The van der Waals surface area contributed by atoms with Crippen molar-refractivity contribution in [3.8, 4) is 5.75 Å². The Bertz CT molecular complexity index is 809. The normalized spacial score (nSPS) is 12.2. The summed E-state index contributed by atoms with van der Waals surface area (Å²) >= 11 is 24.4. The minimum absolute atomic E-state index is 0.185. The summed E-state index contributed by atoms with van der Waals surface area (Å²) < 4.78 is 7.93. The Balaban J connectivity index is 2.23. The van der Waals surface area contributed by atoms with Crippen molar-refractivity contribution >= 4 is 58.3 Å². The molecule has 2 aromatic carbocycles. The van der Waals surface area contributed by atoms with Crippen LogP contribution in [0.4, 0.5) is 0 Å². The fourth-order valence-electron chi connectivity index (χ4n) is 2.17. The minimum Gasteiger partial charge on any atom is -0.480 e. The van der Waals surface area contributed by atoms with Crippen LogP contribution in [-0.4, -0.2) is 29.4 Å². The summed E-state index contributed by atoms with van der Waals surface area (Å²) in [4.78, 5) is 23.6. The summed E-state index contributed by atoms with van der Waals surface area (Å²) in [7, 11) is 1.25. The Morgan fingerprint density at radius 3 is 2.33 bits per heavy atom. The standard InChI is InChI=1S/C18H15Cl4NO4/c1-26-15(24)10-27-14-8-7-12(9-13(14)19)16(18(20,21)22)23-17(25)11-5-3-2-4-6-11/h2-9,16H,10H2,1H3,(H,23,25). The van der Waals surface area contributed by atoms with Crippen molar-refractivity contribution in [2.24, 2.45) is 0 Å². The highest BCUT2D eigenvalue weighted by Gasteiger charge is 2.35. The molecule has 1 N–H and O–H groups in total. The first-order valence-electron chi connectivity index (χ1n) is 7.64. The first-order chi connectivity index (χ1) is 12.7. The molecule has 0 saturated heterocycles. The number of methoxy groups -OCH3 is 1. The van der Waals surface area contributed by atoms with Crippen molar-refractivity contribution in [1.82, 2.24) is 5.32 Å². The molecule has 0 saturated carbocycles. The zero-order valence-electron chi connectivity index (χ0n) is 14.0. The van der Waals surface area contributed by atoms with Gasteiger partial charge < -0.3 is 14.8 Å². The number of carbonyl (C=O) groups excluding carboxylic acids is 2. The number of rotatable bonds is 6. The van der Waals surface area contributed by atoms with Crippen molar-refractivity contribution in [3.05, 3.63) is 64.7 Å². The van der Waals surface area contributed by atoms with Gasteiger partial charge in [0.1, 0.15) is 11.8 Å². The molecule has 2 rings (SSSR count). The van der Waals surface area contributed by atoms with E-state index in [-0.39, 0.29) is 17.4 Å². The molecule has 1 atom stereocenters. The molecular formula is C18H15Cl4NO4. The Hall–Kier alpha value is -1.66. The number of esters is 1. The second-order valence-electron chi connectivity index (χ2n) is 5.37. The van der Waals surface area contributed by atoms with Crippen LogP contribution < -0.4 is 10.1 Å². The Kier molecular flexibility index (Phi) is 7.62. The summed E-state index contributed by atoms with van der Waals surface area (Å²) in [5.41, 5.74) is 0.871. The third-order valence-corrected chi connectivity index (χ3v) is 4.45. The fraction of sp³-hybridized carbons (Fsp3) is 0.222. The van der Waals surface area contributed by atoms with E-state index >= 15 is 0 Å². The molecule has 0 aliphatic carbocycles. The van der Waals surface area contributed by atoms with Crippen molar-refractivity contribution in [2.45, 2.75) is 9.83 Å². The molecule has 144 valence electrons. The van der Waals surface area contributed by atoms with Crippen LogP contribution in [0, 0.1) is 0 Å². The summed E-state index contributed by atoms with van der Waals surface area (Å²) in [6.07, 6.45) is 0. The van der Waals surface area contributed by atoms with Crippen LogP contribution in [0.1, 0.15) is 22.0 Å². The van der Waals surface area contributed by atoms with E-state index in [9.17, 15) is 9.59 Å². The fourth-order valence-corrected chi connectivity index (χ4v) is 2.95. The molecule has 0 aliphatic heterocycles. The maximum Gasteiger partial charge on any atom is 0.343 e. The van der Waals surface area contributed by atoms with Gasteiger partial charge in [-0.1, -0.05) is 70.7 Å². The third-order valence-electron chi connectivity index (χ3n) is 3.50. The van der Waals surface area contributed by atoms with Crippen LogP contribution in [0.5, 0.6) is 5.75 Å². The van der Waals surface area contributed by atoms with Crippen molar-refractivity contribution in [2.75, 3.05) is 13.7 Å². The molecule has 9 heteroatoms. The molecule has 0 aliphatic rings. The van der Waals surface area contributed by atoms with Gasteiger partial charge in [0.05, 0.1) is 12.1 Å². The molecule has 1 amide bonds. The van der Waals surface area contributed by atoms with E-state index in [1.807, 2.05) is 0 Å². The maximum absolute atomic E-state index is 12.4. The molecule has 0 fully saturated rings. The van der Waals surface area contributed by atoms with Crippen LogP contribution >= 0.6 is 46.4 Å². The molecule has 0 heterocycles. The van der Waals surface area contributed by atoms with E-state index in [2.05, 4.69) is 10.1 Å². The minimum atomic E-state index is -1.83. The first kappa shape index (κ1) is 21.6. The number of ether oxygens (including phenoxy) is 2. The molecule has 27 heavy (non-hydrogen) atoms. The van der Waals surface area contributed by atoms with Crippen molar-refractivity contribution in [3.63, 3.8) is 0 Å². The summed E-state index contributed by atoms with van der Waals surface area (Å²) in [5, 5.41) is 2.87. The monoisotopic (exact) mass is 449 g/mol. The van der Waals surface area contributed by atoms with Crippen LogP contribution in [0.2, 0.25) is 5.02 Å². The maximum atomic E-state index is 12.4. The van der Waals surface area contributed by atoms with Gasteiger partial charge in [0.2, 0.25) is 3.79 Å². The van der Waals surface area contributed by atoms with Crippen molar-refractivity contribution < 1.29 is 19.1 Å². The highest BCUT2D eigenvalue weighted by atomic mass is 35.6. The molecule has 0 radical (unpaired) electrons. The predicted octanol–water partition coefficient (Wildman–Crippen LogP) is 4.73. The van der Waals surface area contributed by atoms with E-state index in [1.165, 1.54) is 19.2 Å². The molecule has 1 unspecified atom stereocenters. The number of halogens is 4. The van der Waals surface area contributed by atoms with Gasteiger partial charge in [-0.3, -0.25) is 4.79 Å². The Morgan fingerprint density at radius 1 is 1.11 bits per heavy atom. The van der Waals surface area contributed by atoms with Gasteiger partial charge in [0.15, 0.2) is 6.61 Å². The lowest BCUT2D eigenvalue weighted by Gasteiger charge is -2.26. The smallest absolute Gasteiger partial charge is 0.343 e. The topological polar surface area (TPSA) is 64.6 Å². The van der Waals surface area contributed by atoms with Gasteiger partial charge in [-0.2, -0.15) is 0 Å². The average Bonchev–Trinajstić information content (AvgIpc) is 2.64.